The van der Waals surface area contributed by atoms with Gasteiger partial charge in [0.2, 0.25) is 17.6 Å². The van der Waals surface area contributed by atoms with E-state index < -0.39 is 11.9 Å². The summed E-state index contributed by atoms with van der Waals surface area (Å²) in [5.41, 5.74) is 3.22. The van der Waals surface area contributed by atoms with Crippen LogP contribution in [0.25, 0.3) is 11.4 Å². The van der Waals surface area contributed by atoms with Crippen LogP contribution in [-0.4, -0.2) is 38.8 Å². The van der Waals surface area contributed by atoms with Crippen molar-refractivity contribution in [2.24, 2.45) is 0 Å². The Hall–Kier alpha value is -4.23. The van der Waals surface area contributed by atoms with Gasteiger partial charge in [0.25, 0.3) is 5.91 Å². The average molecular weight is 477 g/mol. The number of fused-ring (bicyclic) bond motifs is 1. The first kappa shape index (κ1) is 21.6. The molecule has 0 bridgehead atoms. The number of piperidine rings is 1. The predicted molar refractivity (Wildman–Crippen MR) is 119 cm³/mol. The van der Waals surface area contributed by atoms with Gasteiger partial charge in [-0.3, -0.25) is 19.7 Å². The van der Waals surface area contributed by atoms with E-state index in [0.29, 0.717) is 47.0 Å². The van der Waals surface area contributed by atoms with E-state index >= 15 is 0 Å². The van der Waals surface area contributed by atoms with Crippen molar-refractivity contribution in [3.8, 4) is 17.5 Å². The van der Waals surface area contributed by atoms with Gasteiger partial charge in [0.15, 0.2) is 0 Å². The number of anilines is 1. The second-order valence-corrected chi connectivity index (χ2v) is 8.38. The molecule has 2 aliphatic rings. The quantitative estimate of drug-likeness (QED) is 0.535. The van der Waals surface area contributed by atoms with E-state index in [2.05, 4.69) is 20.8 Å². The second-order valence-electron chi connectivity index (χ2n) is 7.97. The third-order valence-electron chi connectivity index (χ3n) is 5.81. The summed E-state index contributed by atoms with van der Waals surface area (Å²) in [7, 11) is 0. The Kier molecular flexibility index (Phi) is 5.47. The Morgan fingerprint density at radius 1 is 1.24 bits per heavy atom. The Balaban J connectivity index is 1.25. The minimum absolute atomic E-state index is 0.206. The van der Waals surface area contributed by atoms with Crippen molar-refractivity contribution in [1.29, 1.82) is 5.26 Å². The Labute approximate surface area is 198 Å². The summed E-state index contributed by atoms with van der Waals surface area (Å²) in [5, 5.41) is 18.6. The number of imide groups is 1. The number of aromatic nitrogens is 2. The van der Waals surface area contributed by atoms with Crippen LogP contribution in [-0.2, 0) is 22.7 Å². The van der Waals surface area contributed by atoms with Crippen LogP contribution >= 0.6 is 11.6 Å². The number of amides is 3. The molecular formula is C23H17ClN6O4. The fourth-order valence-electron chi connectivity index (χ4n) is 4.07. The maximum absolute atomic E-state index is 12.8. The van der Waals surface area contributed by atoms with Crippen molar-refractivity contribution in [2.75, 3.05) is 5.32 Å². The molecule has 1 atom stereocenters. The molecule has 3 aromatic rings. The first-order valence-corrected chi connectivity index (χ1v) is 10.8. The number of hydrogen-bond donors (Lipinski definition) is 2. The zero-order chi connectivity index (χ0) is 23.8. The maximum atomic E-state index is 12.8. The van der Waals surface area contributed by atoms with E-state index in [4.69, 9.17) is 21.4 Å². The van der Waals surface area contributed by atoms with Gasteiger partial charge < -0.3 is 14.7 Å². The molecule has 2 aromatic carbocycles. The largest absolute Gasteiger partial charge is 0.334 e. The zero-order valence-corrected chi connectivity index (χ0v) is 18.4. The van der Waals surface area contributed by atoms with Gasteiger partial charge in [-0.2, -0.15) is 10.2 Å². The van der Waals surface area contributed by atoms with E-state index in [0.717, 1.165) is 11.1 Å². The van der Waals surface area contributed by atoms with Crippen LogP contribution in [0.2, 0.25) is 5.02 Å². The first-order valence-electron chi connectivity index (χ1n) is 10.5. The molecule has 10 nitrogen and oxygen atoms in total. The number of carbonyl (C=O) groups excluding carboxylic acids is 3. The maximum Gasteiger partial charge on any atom is 0.322 e. The molecule has 1 aromatic heterocycles. The number of halogens is 1. The van der Waals surface area contributed by atoms with Crippen molar-refractivity contribution in [3.63, 3.8) is 0 Å². The number of carbonyl (C=O) groups is 3. The number of nitriles is 1. The van der Waals surface area contributed by atoms with Crippen LogP contribution in [0, 0.1) is 11.3 Å². The molecule has 1 saturated heterocycles. The normalized spacial score (nSPS) is 17.4. The van der Waals surface area contributed by atoms with Crippen molar-refractivity contribution in [2.45, 2.75) is 32.0 Å². The molecule has 11 heteroatoms. The number of nitrogens with zero attached hydrogens (tertiary/aromatic N) is 4. The molecule has 3 heterocycles. The Morgan fingerprint density at radius 3 is 2.85 bits per heavy atom. The smallest absolute Gasteiger partial charge is 0.322 e. The number of hydrogen-bond acceptors (Lipinski definition) is 8. The highest BCUT2D eigenvalue weighted by atomic mass is 35.5. The highest BCUT2D eigenvalue weighted by Gasteiger charge is 2.39. The van der Waals surface area contributed by atoms with E-state index in [9.17, 15) is 14.4 Å². The molecule has 0 radical (unpaired) electrons. The summed E-state index contributed by atoms with van der Waals surface area (Å²) < 4.78 is 5.25. The molecule has 0 spiro atoms. The van der Waals surface area contributed by atoms with E-state index in [1.54, 1.807) is 24.3 Å². The lowest BCUT2D eigenvalue weighted by Gasteiger charge is -2.29. The number of rotatable bonds is 5. The second kappa shape index (κ2) is 8.61. The molecule has 34 heavy (non-hydrogen) atoms. The van der Waals surface area contributed by atoms with Gasteiger partial charge in [0, 0.05) is 30.6 Å². The lowest BCUT2D eigenvalue weighted by molar-refractivity contribution is -0.136. The molecule has 5 rings (SSSR count). The van der Waals surface area contributed by atoms with Gasteiger partial charge in [-0.25, -0.2) is 0 Å². The van der Waals surface area contributed by atoms with E-state index in [-0.39, 0.29) is 24.2 Å². The minimum Gasteiger partial charge on any atom is -0.334 e. The molecule has 0 saturated carbocycles. The van der Waals surface area contributed by atoms with Gasteiger partial charge in [-0.1, -0.05) is 28.9 Å². The summed E-state index contributed by atoms with van der Waals surface area (Å²) in [6.07, 6.45) is 0.537. The third kappa shape index (κ3) is 3.97. The van der Waals surface area contributed by atoms with Gasteiger partial charge >= 0.3 is 6.01 Å². The summed E-state index contributed by atoms with van der Waals surface area (Å²) in [5.74, 6) is -0.639. The van der Waals surface area contributed by atoms with E-state index in [1.807, 2.05) is 18.2 Å². The predicted octanol–water partition coefficient (Wildman–Crippen LogP) is 2.63. The lowest BCUT2D eigenvalue weighted by atomic mass is 10.0. The lowest BCUT2D eigenvalue weighted by Crippen LogP contribution is -2.52. The Bertz CT molecular complexity index is 1380. The molecular weight excluding hydrogens is 460 g/mol. The fraction of sp³-hybridized carbons (Fsp3) is 0.217. The Morgan fingerprint density at radius 2 is 2.09 bits per heavy atom. The number of nitrogens with one attached hydrogen (secondary N) is 2. The summed E-state index contributed by atoms with van der Waals surface area (Å²) in [4.78, 5) is 42.2. The fourth-order valence-corrected chi connectivity index (χ4v) is 4.30. The van der Waals surface area contributed by atoms with Crippen LogP contribution in [0.3, 0.4) is 0 Å². The average Bonchev–Trinajstić information content (AvgIpc) is 3.42. The van der Waals surface area contributed by atoms with Crippen molar-refractivity contribution in [1.82, 2.24) is 20.4 Å². The molecule has 2 aliphatic heterocycles. The first-order chi connectivity index (χ1) is 16.4. The summed E-state index contributed by atoms with van der Waals surface area (Å²) >= 11 is 6.07. The van der Waals surface area contributed by atoms with Crippen molar-refractivity contribution >= 4 is 35.3 Å². The van der Waals surface area contributed by atoms with Gasteiger partial charge in [-0.05, 0) is 41.8 Å². The molecule has 2 N–H and O–H groups in total. The van der Waals surface area contributed by atoms with Crippen LogP contribution in [0.15, 0.2) is 40.9 Å². The van der Waals surface area contributed by atoms with Crippen molar-refractivity contribution in [3.05, 3.63) is 63.7 Å². The van der Waals surface area contributed by atoms with Crippen molar-refractivity contribution < 1.29 is 18.9 Å². The van der Waals surface area contributed by atoms with Gasteiger partial charge in [0.1, 0.15) is 12.1 Å². The van der Waals surface area contributed by atoms with Crippen LogP contribution in [0.5, 0.6) is 0 Å². The minimum atomic E-state index is -0.647. The topological polar surface area (TPSA) is 141 Å². The molecule has 0 aliphatic carbocycles. The number of benzene rings is 2. The third-order valence-corrected chi connectivity index (χ3v) is 6.12. The molecule has 1 unspecified atom stereocenters. The van der Waals surface area contributed by atoms with Crippen LogP contribution in [0.1, 0.15) is 39.9 Å². The molecule has 3 amide bonds. The SMILES string of the molecule is N#Cc1ccc(-c2noc(NCc3ccc4c(c3)CN(C3CCC(=O)NC3=O)C4=O)n2)cc1Cl. The van der Waals surface area contributed by atoms with E-state index in [1.165, 1.54) is 4.90 Å². The zero-order valence-electron chi connectivity index (χ0n) is 17.7. The van der Waals surface area contributed by atoms with Gasteiger partial charge in [0.05, 0.1) is 10.6 Å². The standard InChI is InChI=1S/C23H17ClN6O4/c24-17-8-13(2-3-14(17)9-25)20-28-23(34-29-20)26-10-12-1-4-16-15(7-12)11-30(22(16)33)18-5-6-19(31)27-21(18)32/h1-4,7-8,18H,5-6,10-11H2,(H,26,28,29)(H,27,31,32). The van der Waals surface area contributed by atoms with Crippen LogP contribution < -0.4 is 10.6 Å². The molecule has 1 fully saturated rings. The highest BCUT2D eigenvalue weighted by molar-refractivity contribution is 6.32. The monoisotopic (exact) mass is 476 g/mol. The summed E-state index contributed by atoms with van der Waals surface area (Å²) in [6, 6.07) is 11.9. The highest BCUT2D eigenvalue weighted by Crippen LogP contribution is 2.29. The van der Waals surface area contributed by atoms with Gasteiger partial charge in [-0.15, -0.1) is 0 Å². The molecule has 170 valence electrons. The summed E-state index contributed by atoms with van der Waals surface area (Å²) in [6.45, 7) is 0.675. The van der Waals surface area contributed by atoms with Crippen LogP contribution in [0.4, 0.5) is 6.01 Å².